The zero-order valence-corrected chi connectivity index (χ0v) is 26.9. The Labute approximate surface area is 275 Å². The molecule has 0 radical (unpaired) electrons. The third-order valence-corrected chi connectivity index (χ3v) is 8.29. The van der Waals surface area contributed by atoms with Gasteiger partial charge in [-0.1, -0.05) is 24.3 Å². The standard InChI is InChI=1S/C37H41N5O5/c1-25-11-12-27(20-26(25)2)33-23-39-35(24-38-33)41-37(46)31-22-30(42-15-4-3-5-16-42)13-14-32(31)40-36(45)29-9-6-8-28(21-29)34(44)10-7-18-47-19-17-43/h6,8-9,11-14,20-24,43H,3-5,7,10,15-19H2,1-2H3,(H,40,45)(H,39,41,46). The van der Waals surface area contributed by atoms with Gasteiger partial charge in [-0.3, -0.25) is 19.4 Å². The van der Waals surface area contributed by atoms with Crippen molar-refractivity contribution < 1.29 is 24.2 Å². The van der Waals surface area contributed by atoms with E-state index in [1.54, 1.807) is 42.6 Å². The number of ether oxygens (including phenoxy) is 1. The fourth-order valence-electron chi connectivity index (χ4n) is 5.48. The fourth-order valence-corrected chi connectivity index (χ4v) is 5.48. The van der Waals surface area contributed by atoms with Gasteiger partial charge in [0.2, 0.25) is 0 Å². The molecule has 2 amide bonds. The molecule has 1 saturated heterocycles. The van der Waals surface area contributed by atoms with E-state index in [-0.39, 0.29) is 36.8 Å². The highest BCUT2D eigenvalue weighted by atomic mass is 16.5. The maximum absolute atomic E-state index is 13.7. The lowest BCUT2D eigenvalue weighted by Crippen LogP contribution is -2.29. The Hall–Kier alpha value is -4.93. The summed E-state index contributed by atoms with van der Waals surface area (Å²) < 4.78 is 5.23. The molecule has 1 fully saturated rings. The highest BCUT2D eigenvalue weighted by Gasteiger charge is 2.20. The van der Waals surface area contributed by atoms with Gasteiger partial charge in [-0.15, -0.1) is 0 Å². The quantitative estimate of drug-likeness (QED) is 0.116. The largest absolute Gasteiger partial charge is 0.394 e. The van der Waals surface area contributed by atoms with Crippen LogP contribution in [0.1, 0.15) is 74.3 Å². The first kappa shape index (κ1) is 33.4. The average molecular weight is 636 g/mol. The summed E-state index contributed by atoms with van der Waals surface area (Å²) in [6.45, 7) is 6.43. The molecule has 1 aliphatic rings. The van der Waals surface area contributed by atoms with Gasteiger partial charge in [0.1, 0.15) is 0 Å². The van der Waals surface area contributed by atoms with E-state index < -0.39 is 11.8 Å². The summed E-state index contributed by atoms with van der Waals surface area (Å²) in [5.41, 5.74) is 6.23. The molecular weight excluding hydrogens is 594 g/mol. The highest BCUT2D eigenvalue weighted by molar-refractivity contribution is 6.13. The SMILES string of the molecule is Cc1ccc(-c2cnc(NC(=O)c3cc(N4CCCCC4)ccc3NC(=O)c3cccc(C(=O)CCCOCCO)c3)cn2)cc1C. The third-order valence-electron chi connectivity index (χ3n) is 8.29. The molecule has 3 N–H and O–H groups in total. The molecule has 3 aromatic carbocycles. The molecule has 0 unspecified atom stereocenters. The monoisotopic (exact) mass is 635 g/mol. The number of aryl methyl sites for hydroxylation is 2. The van der Waals surface area contributed by atoms with E-state index >= 15 is 0 Å². The number of piperidine rings is 1. The van der Waals surface area contributed by atoms with Crippen molar-refractivity contribution in [1.29, 1.82) is 0 Å². The lowest BCUT2D eigenvalue weighted by Gasteiger charge is -2.29. The minimum atomic E-state index is -0.441. The molecule has 47 heavy (non-hydrogen) atoms. The number of hydrogen-bond donors (Lipinski definition) is 3. The Kier molecular flexibility index (Phi) is 11.4. The maximum atomic E-state index is 13.7. The Morgan fingerprint density at radius 3 is 2.38 bits per heavy atom. The number of benzene rings is 3. The van der Waals surface area contributed by atoms with Crippen LogP contribution in [0.3, 0.4) is 0 Å². The van der Waals surface area contributed by atoms with Crippen molar-refractivity contribution >= 4 is 34.8 Å². The van der Waals surface area contributed by atoms with Crippen molar-refractivity contribution in [1.82, 2.24) is 9.97 Å². The van der Waals surface area contributed by atoms with E-state index in [1.165, 1.54) is 18.2 Å². The molecule has 244 valence electrons. The number of Topliss-reactive ketones (excluding diaryl/α,β-unsaturated/α-hetero) is 1. The summed E-state index contributed by atoms with van der Waals surface area (Å²) in [6, 6.07) is 18.1. The first-order chi connectivity index (χ1) is 22.8. The van der Waals surface area contributed by atoms with Crippen molar-refractivity contribution in [2.75, 3.05) is 48.4 Å². The maximum Gasteiger partial charge on any atom is 0.259 e. The molecular formula is C37H41N5O5. The second-order valence-electron chi connectivity index (χ2n) is 11.7. The minimum Gasteiger partial charge on any atom is -0.394 e. The van der Waals surface area contributed by atoms with Gasteiger partial charge in [-0.05, 0) is 87.1 Å². The number of carbonyl (C=O) groups excluding carboxylic acids is 3. The van der Waals surface area contributed by atoms with Gasteiger partial charge in [-0.2, -0.15) is 0 Å². The first-order valence-corrected chi connectivity index (χ1v) is 16.1. The van der Waals surface area contributed by atoms with Crippen LogP contribution in [-0.2, 0) is 4.74 Å². The van der Waals surface area contributed by atoms with Crippen LogP contribution < -0.4 is 15.5 Å². The first-order valence-electron chi connectivity index (χ1n) is 16.1. The molecule has 0 bridgehead atoms. The number of amides is 2. The number of aromatic nitrogens is 2. The van der Waals surface area contributed by atoms with Crippen molar-refractivity contribution in [3.8, 4) is 11.3 Å². The van der Waals surface area contributed by atoms with Crippen LogP contribution in [0.15, 0.2) is 73.1 Å². The molecule has 0 aliphatic carbocycles. The smallest absolute Gasteiger partial charge is 0.259 e. The molecule has 10 heteroatoms. The van der Waals surface area contributed by atoms with Crippen LogP contribution in [0.5, 0.6) is 0 Å². The summed E-state index contributed by atoms with van der Waals surface area (Å²) >= 11 is 0. The van der Waals surface area contributed by atoms with Gasteiger partial charge < -0.3 is 25.4 Å². The van der Waals surface area contributed by atoms with E-state index in [9.17, 15) is 14.4 Å². The van der Waals surface area contributed by atoms with Crippen molar-refractivity contribution in [3.05, 3.63) is 101 Å². The van der Waals surface area contributed by atoms with Gasteiger partial charge in [0.25, 0.3) is 11.8 Å². The summed E-state index contributed by atoms with van der Waals surface area (Å²) in [6.07, 6.45) is 7.25. The summed E-state index contributed by atoms with van der Waals surface area (Å²) in [5, 5.41) is 14.6. The molecule has 4 aromatic rings. The van der Waals surface area contributed by atoms with Crippen molar-refractivity contribution in [2.24, 2.45) is 0 Å². The predicted molar refractivity (Wildman–Crippen MR) is 183 cm³/mol. The number of hydrogen-bond acceptors (Lipinski definition) is 8. The number of anilines is 3. The van der Waals surface area contributed by atoms with Gasteiger partial charge in [0.15, 0.2) is 11.6 Å². The zero-order chi connectivity index (χ0) is 33.2. The molecule has 1 aliphatic heterocycles. The molecule has 0 saturated carbocycles. The van der Waals surface area contributed by atoms with Crippen molar-refractivity contribution in [2.45, 2.75) is 46.0 Å². The number of aliphatic hydroxyl groups excluding tert-OH is 1. The Balaban J connectivity index is 1.33. The van der Waals surface area contributed by atoms with Gasteiger partial charge in [0, 0.05) is 48.5 Å². The van der Waals surface area contributed by atoms with Crippen LogP contribution in [-0.4, -0.2) is 65.6 Å². The van der Waals surface area contributed by atoms with E-state index in [0.29, 0.717) is 35.5 Å². The number of carbonyl (C=O) groups is 3. The van der Waals surface area contributed by atoms with E-state index in [2.05, 4.69) is 38.5 Å². The van der Waals surface area contributed by atoms with Gasteiger partial charge >= 0.3 is 0 Å². The van der Waals surface area contributed by atoms with E-state index in [1.807, 2.05) is 25.1 Å². The second-order valence-corrected chi connectivity index (χ2v) is 11.7. The number of nitrogens with zero attached hydrogens (tertiary/aromatic N) is 3. The normalized spacial score (nSPS) is 12.9. The average Bonchev–Trinajstić information content (AvgIpc) is 3.10. The number of nitrogens with one attached hydrogen (secondary N) is 2. The highest BCUT2D eigenvalue weighted by Crippen LogP contribution is 2.28. The molecule has 2 heterocycles. The van der Waals surface area contributed by atoms with Crippen molar-refractivity contribution in [3.63, 3.8) is 0 Å². The van der Waals surface area contributed by atoms with E-state index in [0.717, 1.165) is 42.7 Å². The zero-order valence-electron chi connectivity index (χ0n) is 26.9. The number of ketones is 1. The predicted octanol–water partition coefficient (Wildman–Crippen LogP) is 6.23. The minimum absolute atomic E-state index is 0.0645. The topological polar surface area (TPSA) is 134 Å². The van der Waals surface area contributed by atoms with Crippen LogP contribution in [0.25, 0.3) is 11.3 Å². The molecule has 0 spiro atoms. The molecule has 0 atom stereocenters. The molecule has 5 rings (SSSR count). The van der Waals surface area contributed by atoms with E-state index in [4.69, 9.17) is 9.84 Å². The molecule has 1 aromatic heterocycles. The van der Waals surface area contributed by atoms with Gasteiger partial charge in [-0.25, -0.2) is 4.98 Å². The Morgan fingerprint density at radius 2 is 1.64 bits per heavy atom. The summed E-state index contributed by atoms with van der Waals surface area (Å²) in [7, 11) is 0. The summed E-state index contributed by atoms with van der Waals surface area (Å²) in [5.74, 6) is -0.693. The lowest BCUT2D eigenvalue weighted by atomic mass is 10.0. The van der Waals surface area contributed by atoms with Crippen LogP contribution >= 0.6 is 0 Å². The molecule has 10 nitrogen and oxygen atoms in total. The Morgan fingerprint density at radius 1 is 0.830 bits per heavy atom. The lowest BCUT2D eigenvalue weighted by molar-refractivity contribution is 0.0832. The fraction of sp³-hybridized carbons (Fsp3) is 0.324. The summed E-state index contributed by atoms with van der Waals surface area (Å²) in [4.78, 5) is 51.1. The van der Waals surface area contributed by atoms with Gasteiger partial charge in [0.05, 0.1) is 42.6 Å². The van der Waals surface area contributed by atoms with Crippen LogP contribution in [0, 0.1) is 13.8 Å². The number of rotatable bonds is 13. The second kappa shape index (κ2) is 16.1. The van der Waals surface area contributed by atoms with Crippen LogP contribution in [0.2, 0.25) is 0 Å². The Bertz CT molecular complexity index is 1720. The van der Waals surface area contributed by atoms with Crippen LogP contribution in [0.4, 0.5) is 17.2 Å². The third kappa shape index (κ3) is 8.87. The number of aliphatic hydroxyl groups is 1.